The number of carbonyl (C=O) groups excluding carboxylic acids is 2. The molecule has 0 saturated carbocycles. The molecule has 0 aliphatic heterocycles. The van der Waals surface area contributed by atoms with E-state index in [-0.39, 0.29) is 0 Å². The first-order valence-electron chi connectivity index (χ1n) is 5.87. The van der Waals surface area contributed by atoms with Crippen molar-refractivity contribution in [3.8, 4) is 0 Å². The van der Waals surface area contributed by atoms with Gasteiger partial charge in [0, 0.05) is 0 Å². The Bertz CT molecular complexity index is 422. The molecular weight excluding hydrogens is 248 g/mol. The van der Waals surface area contributed by atoms with Gasteiger partial charge in [-0.3, -0.25) is 4.79 Å². The van der Waals surface area contributed by atoms with Crippen LogP contribution in [-0.2, 0) is 20.7 Å². The van der Waals surface area contributed by atoms with Gasteiger partial charge in [-0.1, -0.05) is 30.3 Å². The van der Waals surface area contributed by atoms with Crippen molar-refractivity contribution in [2.75, 3.05) is 13.7 Å². The minimum atomic E-state index is -1.08. The molecule has 0 fully saturated rings. The number of carbonyl (C=O) groups is 2. The first-order chi connectivity index (χ1) is 9.08. The fraction of sp³-hybridized carbons (Fsp3) is 0.385. The molecule has 0 spiro atoms. The van der Waals surface area contributed by atoms with Gasteiger partial charge in [-0.25, -0.2) is 4.79 Å². The van der Waals surface area contributed by atoms with Gasteiger partial charge in [-0.2, -0.15) is 0 Å². The number of aliphatic hydroxyl groups excluding tert-OH is 1. The second-order valence-electron chi connectivity index (χ2n) is 4.06. The fourth-order valence-corrected chi connectivity index (χ4v) is 1.56. The maximum absolute atomic E-state index is 11.8. The summed E-state index contributed by atoms with van der Waals surface area (Å²) in [5.74, 6) is -1.21. The third-order valence-corrected chi connectivity index (χ3v) is 2.62. The van der Waals surface area contributed by atoms with Crippen LogP contribution < -0.4 is 11.1 Å². The van der Waals surface area contributed by atoms with Crippen LogP contribution in [0.15, 0.2) is 30.3 Å². The molecule has 104 valence electrons. The standard InChI is InChI=1S/C13H18N2O4/c1-19-13(18)11(8-16)15-12(17)10(14)7-9-5-3-2-4-6-9/h2-6,10-11,16H,7-8,14H2,1H3,(H,15,17)/t10-,11-/m0/s1. The summed E-state index contributed by atoms with van der Waals surface area (Å²) in [6, 6.07) is 7.42. The van der Waals surface area contributed by atoms with Gasteiger partial charge < -0.3 is 20.9 Å². The van der Waals surface area contributed by atoms with Crippen LogP contribution in [0.1, 0.15) is 5.56 Å². The number of esters is 1. The first-order valence-corrected chi connectivity index (χ1v) is 5.87. The number of aliphatic hydroxyl groups is 1. The SMILES string of the molecule is COC(=O)[C@H](CO)NC(=O)[C@@H](N)Cc1ccccc1. The Balaban J connectivity index is 2.55. The van der Waals surface area contributed by atoms with Crippen LogP contribution >= 0.6 is 0 Å². The molecule has 2 atom stereocenters. The molecular formula is C13H18N2O4. The third kappa shape index (κ3) is 4.69. The number of rotatable bonds is 6. The smallest absolute Gasteiger partial charge is 0.330 e. The molecule has 1 rings (SSSR count). The van der Waals surface area contributed by atoms with Gasteiger partial charge in [0.15, 0.2) is 6.04 Å². The quantitative estimate of drug-likeness (QED) is 0.585. The van der Waals surface area contributed by atoms with Crippen LogP contribution in [0.2, 0.25) is 0 Å². The van der Waals surface area contributed by atoms with E-state index < -0.39 is 30.6 Å². The van der Waals surface area contributed by atoms with Crippen molar-refractivity contribution in [2.45, 2.75) is 18.5 Å². The average molecular weight is 266 g/mol. The average Bonchev–Trinajstić information content (AvgIpc) is 2.44. The van der Waals surface area contributed by atoms with Crippen molar-refractivity contribution in [2.24, 2.45) is 5.73 Å². The zero-order valence-electron chi connectivity index (χ0n) is 10.7. The maximum atomic E-state index is 11.8. The van der Waals surface area contributed by atoms with E-state index in [0.717, 1.165) is 5.56 Å². The molecule has 19 heavy (non-hydrogen) atoms. The van der Waals surface area contributed by atoms with Gasteiger partial charge in [0.1, 0.15) is 0 Å². The summed E-state index contributed by atoms with van der Waals surface area (Å²) in [5, 5.41) is 11.3. The highest BCUT2D eigenvalue weighted by molar-refractivity contribution is 5.87. The molecule has 1 aromatic rings. The first kappa shape index (κ1) is 15.1. The maximum Gasteiger partial charge on any atom is 0.330 e. The van der Waals surface area contributed by atoms with E-state index in [4.69, 9.17) is 10.8 Å². The van der Waals surface area contributed by atoms with E-state index in [0.29, 0.717) is 6.42 Å². The summed E-state index contributed by atoms with van der Waals surface area (Å²) >= 11 is 0. The summed E-state index contributed by atoms with van der Waals surface area (Å²) in [5.41, 5.74) is 6.67. The van der Waals surface area contributed by atoms with E-state index in [2.05, 4.69) is 10.1 Å². The summed E-state index contributed by atoms with van der Waals surface area (Å²) in [6.45, 7) is -0.531. The van der Waals surface area contributed by atoms with E-state index in [9.17, 15) is 9.59 Å². The number of methoxy groups -OCH3 is 1. The largest absolute Gasteiger partial charge is 0.467 e. The van der Waals surface area contributed by atoms with Gasteiger partial charge in [-0.15, -0.1) is 0 Å². The van der Waals surface area contributed by atoms with Crippen molar-refractivity contribution in [3.63, 3.8) is 0 Å². The molecule has 0 aliphatic carbocycles. The molecule has 0 radical (unpaired) electrons. The molecule has 0 aliphatic rings. The van der Waals surface area contributed by atoms with Crippen molar-refractivity contribution < 1.29 is 19.4 Å². The zero-order valence-corrected chi connectivity index (χ0v) is 10.7. The number of ether oxygens (including phenoxy) is 1. The molecule has 6 nitrogen and oxygen atoms in total. The lowest BCUT2D eigenvalue weighted by Gasteiger charge is -2.17. The molecule has 0 heterocycles. The number of nitrogens with two attached hydrogens (primary N) is 1. The van der Waals surface area contributed by atoms with Crippen molar-refractivity contribution >= 4 is 11.9 Å². The Morgan fingerprint density at radius 2 is 2.00 bits per heavy atom. The topological polar surface area (TPSA) is 102 Å². The molecule has 0 saturated heterocycles. The number of hydrogen-bond acceptors (Lipinski definition) is 5. The van der Waals surface area contributed by atoms with E-state index in [1.54, 1.807) is 0 Å². The number of hydrogen-bond donors (Lipinski definition) is 3. The molecule has 6 heteroatoms. The van der Waals surface area contributed by atoms with Crippen molar-refractivity contribution in [3.05, 3.63) is 35.9 Å². The Morgan fingerprint density at radius 3 is 2.53 bits per heavy atom. The van der Waals surface area contributed by atoms with Crippen LogP contribution in [0.3, 0.4) is 0 Å². The van der Waals surface area contributed by atoms with E-state index in [1.165, 1.54) is 7.11 Å². The third-order valence-electron chi connectivity index (χ3n) is 2.62. The van der Waals surface area contributed by atoms with Crippen LogP contribution in [0.5, 0.6) is 0 Å². The van der Waals surface area contributed by atoms with Gasteiger partial charge in [0.25, 0.3) is 0 Å². The minimum Gasteiger partial charge on any atom is -0.467 e. The summed E-state index contributed by atoms with van der Waals surface area (Å²) in [7, 11) is 1.18. The highest BCUT2D eigenvalue weighted by Crippen LogP contribution is 2.02. The predicted octanol–water partition coefficient (Wildman–Crippen LogP) is -0.793. The van der Waals surface area contributed by atoms with Crippen LogP contribution in [0.25, 0.3) is 0 Å². The van der Waals surface area contributed by atoms with Crippen LogP contribution in [0.4, 0.5) is 0 Å². The lowest BCUT2D eigenvalue weighted by atomic mass is 10.1. The number of benzene rings is 1. The zero-order chi connectivity index (χ0) is 14.3. The molecule has 1 amide bonds. The molecule has 4 N–H and O–H groups in total. The van der Waals surface area contributed by atoms with Gasteiger partial charge in [0.05, 0.1) is 19.8 Å². The predicted molar refractivity (Wildman–Crippen MR) is 69.2 cm³/mol. The highest BCUT2D eigenvalue weighted by atomic mass is 16.5. The summed E-state index contributed by atoms with van der Waals surface area (Å²) < 4.78 is 4.45. The minimum absolute atomic E-state index is 0.353. The molecule has 0 aromatic heterocycles. The Kier molecular flexibility index (Phi) is 5.98. The molecule has 0 unspecified atom stereocenters. The molecule has 1 aromatic carbocycles. The lowest BCUT2D eigenvalue weighted by Crippen LogP contribution is -2.51. The number of amides is 1. The Hall–Kier alpha value is -1.92. The Morgan fingerprint density at radius 1 is 1.37 bits per heavy atom. The lowest BCUT2D eigenvalue weighted by molar-refractivity contribution is -0.146. The van der Waals surface area contributed by atoms with Crippen LogP contribution in [0, 0.1) is 0 Å². The van der Waals surface area contributed by atoms with Gasteiger partial charge in [0.2, 0.25) is 5.91 Å². The number of nitrogens with one attached hydrogen (secondary N) is 1. The van der Waals surface area contributed by atoms with E-state index >= 15 is 0 Å². The van der Waals surface area contributed by atoms with Crippen molar-refractivity contribution in [1.29, 1.82) is 0 Å². The fourth-order valence-electron chi connectivity index (χ4n) is 1.56. The van der Waals surface area contributed by atoms with Crippen molar-refractivity contribution in [1.82, 2.24) is 5.32 Å². The van der Waals surface area contributed by atoms with Gasteiger partial charge >= 0.3 is 5.97 Å². The van der Waals surface area contributed by atoms with Gasteiger partial charge in [-0.05, 0) is 12.0 Å². The summed E-state index contributed by atoms with van der Waals surface area (Å²) in [6.07, 6.45) is 0.353. The summed E-state index contributed by atoms with van der Waals surface area (Å²) in [4.78, 5) is 23.0. The monoisotopic (exact) mass is 266 g/mol. The Labute approximate surface area is 111 Å². The highest BCUT2D eigenvalue weighted by Gasteiger charge is 2.23. The van der Waals surface area contributed by atoms with E-state index in [1.807, 2.05) is 30.3 Å². The second kappa shape index (κ2) is 7.50. The van der Waals surface area contributed by atoms with Crippen LogP contribution in [-0.4, -0.2) is 42.8 Å². The molecule has 0 bridgehead atoms. The second-order valence-corrected chi connectivity index (χ2v) is 4.06. The normalized spacial score (nSPS) is 13.4.